The van der Waals surface area contributed by atoms with Gasteiger partial charge < -0.3 is 14.2 Å². The van der Waals surface area contributed by atoms with Crippen molar-refractivity contribution in [2.45, 2.75) is 53.2 Å². The minimum atomic E-state index is -0.758. The fraction of sp³-hybridized carbons (Fsp3) is 0.345. The normalized spacial score (nSPS) is 16.1. The van der Waals surface area contributed by atoms with Crippen LogP contribution in [0.4, 0.5) is 0 Å². The van der Waals surface area contributed by atoms with Gasteiger partial charge in [0, 0.05) is 5.02 Å². The van der Waals surface area contributed by atoms with Crippen molar-refractivity contribution in [3.8, 4) is 11.5 Å². The van der Waals surface area contributed by atoms with Crippen LogP contribution < -0.4 is 24.4 Å². The second-order valence-corrected chi connectivity index (χ2v) is 10.2. The van der Waals surface area contributed by atoms with Gasteiger partial charge in [0.2, 0.25) is 0 Å². The van der Waals surface area contributed by atoms with Gasteiger partial charge in [-0.3, -0.25) is 9.36 Å². The summed E-state index contributed by atoms with van der Waals surface area (Å²) >= 11 is 7.82. The summed E-state index contributed by atoms with van der Waals surface area (Å²) in [5.41, 5.74) is 1.93. The number of ether oxygens (including phenoxy) is 3. The Bertz CT molecular complexity index is 1560. The highest BCUT2D eigenvalue weighted by atomic mass is 35.5. The van der Waals surface area contributed by atoms with Crippen LogP contribution in [0, 0.1) is 0 Å². The number of hydrogen-bond acceptors (Lipinski definition) is 7. The first-order chi connectivity index (χ1) is 18.3. The van der Waals surface area contributed by atoms with E-state index in [9.17, 15) is 9.59 Å². The van der Waals surface area contributed by atoms with Gasteiger partial charge in [0.15, 0.2) is 16.3 Å². The molecule has 4 rings (SSSR count). The van der Waals surface area contributed by atoms with Crippen molar-refractivity contribution in [3.05, 3.63) is 89.6 Å². The molecule has 7 nitrogen and oxygen atoms in total. The molecular weight excluding hydrogens is 524 g/mol. The van der Waals surface area contributed by atoms with Crippen LogP contribution in [0.5, 0.6) is 11.5 Å². The molecule has 0 amide bonds. The number of allylic oxidation sites excluding steroid dienone is 1. The zero-order chi connectivity index (χ0) is 27.4. The highest BCUT2D eigenvalue weighted by molar-refractivity contribution is 7.07. The number of rotatable bonds is 9. The Balaban J connectivity index is 1.87. The summed E-state index contributed by atoms with van der Waals surface area (Å²) in [6.45, 7) is 10.2. The average Bonchev–Trinajstić information content (AvgIpc) is 3.19. The average molecular weight is 555 g/mol. The van der Waals surface area contributed by atoms with Gasteiger partial charge in [-0.1, -0.05) is 54.1 Å². The van der Waals surface area contributed by atoms with Crippen LogP contribution in [-0.4, -0.2) is 29.9 Å². The first kappa shape index (κ1) is 27.7. The van der Waals surface area contributed by atoms with Crippen molar-refractivity contribution >= 4 is 35.0 Å². The second kappa shape index (κ2) is 12.0. The third-order valence-electron chi connectivity index (χ3n) is 6.19. The lowest BCUT2D eigenvalue weighted by Crippen LogP contribution is -2.40. The lowest BCUT2D eigenvalue weighted by atomic mass is 9.96. The summed E-state index contributed by atoms with van der Waals surface area (Å²) in [5, 5.41) is 0.446. The van der Waals surface area contributed by atoms with Gasteiger partial charge in [0.1, 0.15) is 6.04 Å². The Morgan fingerprint density at radius 3 is 2.61 bits per heavy atom. The van der Waals surface area contributed by atoms with E-state index in [4.69, 9.17) is 25.8 Å². The molecule has 2 heterocycles. The third kappa shape index (κ3) is 5.56. The lowest BCUT2D eigenvalue weighted by Gasteiger charge is -2.25. The standard InChI is InChI=1S/C29H31ClN2O5S/c1-6-17(4)37-22-14-13-19(15-23(22)35-7-2)16-24-27(33)32-26(20-11-9-10-12-21(20)30)25(28(34)36-8-3)18(5)31-29(32)38-24/h9-17,26H,6-8H2,1-5H3/b24-16+/t17-,26+/m1/s1. The van der Waals surface area contributed by atoms with E-state index in [-0.39, 0.29) is 18.3 Å². The summed E-state index contributed by atoms with van der Waals surface area (Å²) in [6.07, 6.45) is 2.71. The fourth-order valence-electron chi connectivity index (χ4n) is 4.21. The highest BCUT2D eigenvalue weighted by Crippen LogP contribution is 2.34. The molecule has 0 N–H and O–H groups in total. The SMILES string of the molecule is CCOC(=O)C1=C(C)N=c2s/c(=C/c3ccc(O[C@H](C)CC)c(OCC)c3)c(=O)n2[C@H]1c1ccccc1Cl. The number of hydrogen-bond donors (Lipinski definition) is 0. The molecule has 9 heteroatoms. The minimum Gasteiger partial charge on any atom is -0.490 e. The van der Waals surface area contributed by atoms with Crippen LogP contribution in [0.25, 0.3) is 6.08 Å². The quantitative estimate of drug-likeness (QED) is 0.347. The minimum absolute atomic E-state index is 0.0467. The van der Waals surface area contributed by atoms with Crippen molar-refractivity contribution in [2.24, 2.45) is 4.99 Å². The molecular formula is C29H31ClN2O5S. The van der Waals surface area contributed by atoms with Gasteiger partial charge in [-0.05, 0) is 69.5 Å². The number of fused-ring (bicyclic) bond motifs is 1. The Morgan fingerprint density at radius 1 is 1.16 bits per heavy atom. The monoisotopic (exact) mass is 554 g/mol. The molecule has 0 aliphatic carbocycles. The maximum absolute atomic E-state index is 13.8. The number of nitrogens with zero attached hydrogens (tertiary/aromatic N) is 2. The summed E-state index contributed by atoms with van der Waals surface area (Å²) in [5.74, 6) is 0.753. The smallest absolute Gasteiger partial charge is 0.338 e. The maximum Gasteiger partial charge on any atom is 0.338 e. The Morgan fingerprint density at radius 2 is 1.92 bits per heavy atom. The zero-order valence-corrected chi connectivity index (χ0v) is 23.7. The fourth-order valence-corrected chi connectivity index (χ4v) is 5.50. The van der Waals surface area contributed by atoms with E-state index < -0.39 is 12.0 Å². The molecule has 200 valence electrons. The van der Waals surface area contributed by atoms with Crippen molar-refractivity contribution in [1.29, 1.82) is 0 Å². The molecule has 0 saturated heterocycles. The van der Waals surface area contributed by atoms with E-state index in [0.29, 0.717) is 49.3 Å². The van der Waals surface area contributed by atoms with Crippen LogP contribution in [0.2, 0.25) is 5.02 Å². The van der Waals surface area contributed by atoms with Gasteiger partial charge in [-0.15, -0.1) is 0 Å². The van der Waals surface area contributed by atoms with Crippen LogP contribution in [0.1, 0.15) is 58.2 Å². The first-order valence-electron chi connectivity index (χ1n) is 12.7. The molecule has 3 aromatic rings. The topological polar surface area (TPSA) is 79.1 Å². The third-order valence-corrected chi connectivity index (χ3v) is 7.51. The molecule has 0 radical (unpaired) electrons. The number of halogens is 1. The van der Waals surface area contributed by atoms with Gasteiger partial charge in [-0.2, -0.15) is 0 Å². The van der Waals surface area contributed by atoms with Gasteiger partial charge >= 0.3 is 5.97 Å². The molecule has 2 aromatic carbocycles. The van der Waals surface area contributed by atoms with E-state index >= 15 is 0 Å². The van der Waals surface area contributed by atoms with Gasteiger partial charge in [0.25, 0.3) is 5.56 Å². The van der Waals surface area contributed by atoms with Crippen LogP contribution >= 0.6 is 22.9 Å². The number of carbonyl (C=O) groups excluding carboxylic acids is 1. The van der Waals surface area contributed by atoms with E-state index in [1.54, 1.807) is 32.1 Å². The number of aromatic nitrogens is 1. The first-order valence-corrected chi connectivity index (χ1v) is 13.9. The largest absolute Gasteiger partial charge is 0.490 e. The van der Waals surface area contributed by atoms with E-state index in [1.807, 2.05) is 44.2 Å². The summed E-state index contributed by atoms with van der Waals surface area (Å²) < 4.78 is 19.2. The van der Waals surface area contributed by atoms with E-state index in [0.717, 1.165) is 12.0 Å². The Kier molecular flexibility index (Phi) is 8.74. The maximum atomic E-state index is 13.8. The summed E-state index contributed by atoms with van der Waals surface area (Å²) in [4.78, 5) is 31.9. The summed E-state index contributed by atoms with van der Waals surface area (Å²) in [7, 11) is 0. The molecule has 2 atom stereocenters. The predicted octanol–water partition coefficient (Wildman–Crippen LogP) is 5.03. The summed E-state index contributed by atoms with van der Waals surface area (Å²) in [6, 6.07) is 12.0. The van der Waals surface area contributed by atoms with Crippen molar-refractivity contribution in [3.63, 3.8) is 0 Å². The van der Waals surface area contributed by atoms with Gasteiger partial charge in [0.05, 0.1) is 35.1 Å². The number of benzene rings is 2. The molecule has 1 aromatic heterocycles. The lowest BCUT2D eigenvalue weighted by molar-refractivity contribution is -0.139. The molecule has 0 spiro atoms. The Hall–Kier alpha value is -3.36. The molecule has 0 saturated carbocycles. The molecule has 0 unspecified atom stereocenters. The molecule has 0 fully saturated rings. The predicted molar refractivity (Wildman–Crippen MR) is 150 cm³/mol. The van der Waals surface area contributed by atoms with Gasteiger partial charge in [-0.25, -0.2) is 9.79 Å². The van der Waals surface area contributed by atoms with Crippen molar-refractivity contribution in [2.75, 3.05) is 13.2 Å². The van der Waals surface area contributed by atoms with Crippen LogP contribution in [-0.2, 0) is 9.53 Å². The van der Waals surface area contributed by atoms with Crippen LogP contribution in [0.3, 0.4) is 0 Å². The Labute approximate surface area is 230 Å². The van der Waals surface area contributed by atoms with Crippen molar-refractivity contribution in [1.82, 2.24) is 4.57 Å². The molecule has 1 aliphatic heterocycles. The molecule has 0 bridgehead atoms. The van der Waals surface area contributed by atoms with Crippen molar-refractivity contribution < 1.29 is 19.0 Å². The molecule has 38 heavy (non-hydrogen) atoms. The molecule has 1 aliphatic rings. The zero-order valence-electron chi connectivity index (χ0n) is 22.1. The number of esters is 1. The highest BCUT2D eigenvalue weighted by Gasteiger charge is 2.34. The number of thiazole rings is 1. The number of carbonyl (C=O) groups is 1. The van der Waals surface area contributed by atoms with E-state index in [1.165, 1.54) is 15.9 Å². The van der Waals surface area contributed by atoms with E-state index in [2.05, 4.69) is 11.9 Å². The second-order valence-electron chi connectivity index (χ2n) is 8.80. The van der Waals surface area contributed by atoms with Crippen LogP contribution in [0.15, 0.2) is 63.5 Å².